The average Bonchev–Trinajstić information content (AvgIpc) is 2.00. The summed E-state index contributed by atoms with van der Waals surface area (Å²) in [6.07, 6.45) is 2.53. The number of rotatable bonds is 6. The third-order valence-electron chi connectivity index (χ3n) is 2.40. The van der Waals surface area contributed by atoms with Gasteiger partial charge in [0.05, 0.1) is 0 Å². The molecule has 74 valence electrons. The van der Waals surface area contributed by atoms with Gasteiger partial charge in [0.1, 0.15) is 0 Å². The van der Waals surface area contributed by atoms with Gasteiger partial charge in [-0.15, -0.1) is 0 Å². The zero-order chi connectivity index (χ0) is 9.61. The molecule has 0 bridgehead atoms. The standard InChI is InChI=1S/C10H24N2/c1-9(12-5)6-7-10(2,3)8-11-4/h9,11-12H,6-8H2,1-5H3. The Bertz CT molecular complexity index is 110. The Morgan fingerprint density at radius 3 is 2.25 bits per heavy atom. The van der Waals surface area contributed by atoms with Crippen LogP contribution in [0.4, 0.5) is 0 Å². The van der Waals surface area contributed by atoms with Gasteiger partial charge >= 0.3 is 0 Å². The van der Waals surface area contributed by atoms with Crippen molar-refractivity contribution in [2.75, 3.05) is 20.6 Å². The summed E-state index contributed by atoms with van der Waals surface area (Å²) in [4.78, 5) is 0. The molecule has 0 spiro atoms. The van der Waals surface area contributed by atoms with E-state index in [-0.39, 0.29) is 0 Å². The van der Waals surface area contributed by atoms with Crippen LogP contribution in [-0.4, -0.2) is 26.7 Å². The molecule has 2 heteroatoms. The summed E-state index contributed by atoms with van der Waals surface area (Å²) >= 11 is 0. The van der Waals surface area contributed by atoms with Crippen LogP contribution in [0, 0.1) is 5.41 Å². The Hall–Kier alpha value is -0.0800. The van der Waals surface area contributed by atoms with E-state index in [2.05, 4.69) is 31.4 Å². The molecule has 2 N–H and O–H groups in total. The highest BCUT2D eigenvalue weighted by Crippen LogP contribution is 2.21. The van der Waals surface area contributed by atoms with Crippen LogP contribution in [0.2, 0.25) is 0 Å². The second kappa shape index (κ2) is 5.55. The smallest absolute Gasteiger partial charge is 0.00359 e. The van der Waals surface area contributed by atoms with Crippen molar-refractivity contribution in [3.8, 4) is 0 Å². The van der Waals surface area contributed by atoms with Gasteiger partial charge in [-0.2, -0.15) is 0 Å². The van der Waals surface area contributed by atoms with Crippen molar-refractivity contribution in [1.29, 1.82) is 0 Å². The summed E-state index contributed by atoms with van der Waals surface area (Å²) in [6.45, 7) is 7.96. The van der Waals surface area contributed by atoms with Crippen molar-refractivity contribution in [3.05, 3.63) is 0 Å². The number of nitrogens with one attached hydrogen (secondary N) is 2. The Morgan fingerprint density at radius 2 is 1.83 bits per heavy atom. The van der Waals surface area contributed by atoms with Crippen molar-refractivity contribution in [1.82, 2.24) is 10.6 Å². The fourth-order valence-corrected chi connectivity index (χ4v) is 1.32. The second-order valence-corrected chi connectivity index (χ2v) is 4.42. The lowest BCUT2D eigenvalue weighted by atomic mass is 9.86. The molecule has 12 heavy (non-hydrogen) atoms. The lowest BCUT2D eigenvalue weighted by Crippen LogP contribution is -2.29. The van der Waals surface area contributed by atoms with Crippen LogP contribution in [0.3, 0.4) is 0 Å². The fraction of sp³-hybridized carbons (Fsp3) is 1.00. The van der Waals surface area contributed by atoms with Gasteiger partial charge < -0.3 is 10.6 Å². The molecule has 2 nitrogen and oxygen atoms in total. The molecule has 0 rings (SSSR count). The lowest BCUT2D eigenvalue weighted by Gasteiger charge is -2.25. The molecular formula is C10H24N2. The van der Waals surface area contributed by atoms with Crippen LogP contribution in [0.15, 0.2) is 0 Å². The van der Waals surface area contributed by atoms with E-state index >= 15 is 0 Å². The molecule has 0 heterocycles. The average molecular weight is 172 g/mol. The quantitative estimate of drug-likeness (QED) is 0.636. The predicted molar refractivity (Wildman–Crippen MR) is 55.5 cm³/mol. The number of hydrogen-bond donors (Lipinski definition) is 2. The summed E-state index contributed by atoms with van der Waals surface area (Å²) in [7, 11) is 4.04. The SMILES string of the molecule is CNCC(C)(C)CCC(C)NC. The molecule has 0 aliphatic heterocycles. The highest BCUT2D eigenvalue weighted by atomic mass is 14.9. The van der Waals surface area contributed by atoms with E-state index in [1.165, 1.54) is 12.8 Å². The Kier molecular flexibility index (Phi) is 5.51. The van der Waals surface area contributed by atoms with Crippen LogP contribution >= 0.6 is 0 Å². The van der Waals surface area contributed by atoms with E-state index in [1.807, 2.05) is 14.1 Å². The first kappa shape index (κ1) is 11.9. The fourth-order valence-electron chi connectivity index (χ4n) is 1.32. The lowest BCUT2D eigenvalue weighted by molar-refractivity contribution is 0.300. The van der Waals surface area contributed by atoms with Gasteiger partial charge in [-0.05, 0) is 45.8 Å². The minimum absolute atomic E-state index is 0.430. The molecule has 0 saturated heterocycles. The molecule has 0 fully saturated rings. The van der Waals surface area contributed by atoms with Crippen LogP contribution in [0.1, 0.15) is 33.6 Å². The Balaban J connectivity index is 3.59. The molecule has 0 aromatic heterocycles. The van der Waals surface area contributed by atoms with Gasteiger partial charge in [0, 0.05) is 6.04 Å². The van der Waals surface area contributed by atoms with Gasteiger partial charge in [-0.3, -0.25) is 0 Å². The van der Waals surface area contributed by atoms with Crippen molar-refractivity contribution in [2.45, 2.75) is 39.7 Å². The number of hydrogen-bond acceptors (Lipinski definition) is 2. The van der Waals surface area contributed by atoms with Gasteiger partial charge in [-0.25, -0.2) is 0 Å². The highest BCUT2D eigenvalue weighted by Gasteiger charge is 2.16. The van der Waals surface area contributed by atoms with Crippen LogP contribution in [0.5, 0.6) is 0 Å². The third kappa shape index (κ3) is 5.56. The third-order valence-corrected chi connectivity index (χ3v) is 2.40. The maximum absolute atomic E-state index is 3.26. The van der Waals surface area contributed by atoms with Crippen LogP contribution in [-0.2, 0) is 0 Å². The minimum atomic E-state index is 0.430. The van der Waals surface area contributed by atoms with Crippen molar-refractivity contribution in [2.24, 2.45) is 5.41 Å². The van der Waals surface area contributed by atoms with Crippen LogP contribution in [0.25, 0.3) is 0 Å². The molecule has 0 saturated carbocycles. The van der Waals surface area contributed by atoms with Gasteiger partial charge in [0.2, 0.25) is 0 Å². The molecular weight excluding hydrogens is 148 g/mol. The summed E-state index contributed by atoms with van der Waals surface area (Å²) in [6, 6.07) is 0.640. The van der Waals surface area contributed by atoms with Crippen LogP contribution < -0.4 is 10.6 Å². The summed E-state index contributed by atoms with van der Waals surface area (Å²) in [5.41, 5.74) is 0.430. The van der Waals surface area contributed by atoms with Crippen molar-refractivity contribution < 1.29 is 0 Å². The first-order chi connectivity index (χ1) is 5.52. The van der Waals surface area contributed by atoms with Gasteiger partial charge in [0.25, 0.3) is 0 Å². The second-order valence-electron chi connectivity index (χ2n) is 4.42. The Labute approximate surface area is 77.1 Å². The molecule has 0 radical (unpaired) electrons. The van der Waals surface area contributed by atoms with Gasteiger partial charge in [0.15, 0.2) is 0 Å². The summed E-state index contributed by atoms with van der Waals surface area (Å²) in [5.74, 6) is 0. The summed E-state index contributed by atoms with van der Waals surface area (Å²) < 4.78 is 0. The topological polar surface area (TPSA) is 24.1 Å². The van der Waals surface area contributed by atoms with E-state index in [4.69, 9.17) is 0 Å². The first-order valence-electron chi connectivity index (χ1n) is 4.83. The van der Waals surface area contributed by atoms with Crippen molar-refractivity contribution in [3.63, 3.8) is 0 Å². The normalized spacial score (nSPS) is 14.8. The minimum Gasteiger partial charge on any atom is -0.319 e. The maximum atomic E-state index is 3.26. The van der Waals surface area contributed by atoms with E-state index in [0.29, 0.717) is 11.5 Å². The molecule has 0 aromatic carbocycles. The zero-order valence-electron chi connectivity index (χ0n) is 9.20. The molecule has 0 amide bonds. The molecule has 0 aromatic rings. The van der Waals surface area contributed by atoms with E-state index in [9.17, 15) is 0 Å². The monoisotopic (exact) mass is 172 g/mol. The molecule has 0 aliphatic rings. The van der Waals surface area contributed by atoms with E-state index < -0.39 is 0 Å². The van der Waals surface area contributed by atoms with Gasteiger partial charge in [-0.1, -0.05) is 13.8 Å². The largest absolute Gasteiger partial charge is 0.319 e. The maximum Gasteiger partial charge on any atom is 0.00359 e. The first-order valence-corrected chi connectivity index (χ1v) is 4.83. The highest BCUT2D eigenvalue weighted by molar-refractivity contribution is 4.72. The zero-order valence-corrected chi connectivity index (χ0v) is 9.20. The van der Waals surface area contributed by atoms with E-state index in [0.717, 1.165) is 6.54 Å². The predicted octanol–water partition coefficient (Wildman–Crippen LogP) is 1.62. The summed E-state index contributed by atoms with van der Waals surface area (Å²) in [5, 5.41) is 6.49. The molecule has 1 unspecified atom stereocenters. The molecule has 0 aliphatic carbocycles. The van der Waals surface area contributed by atoms with E-state index in [1.54, 1.807) is 0 Å². The van der Waals surface area contributed by atoms with Crippen molar-refractivity contribution >= 4 is 0 Å². The Morgan fingerprint density at radius 1 is 1.25 bits per heavy atom. The molecule has 1 atom stereocenters.